The molecule has 2 heteroatoms. The van der Waals surface area contributed by atoms with Crippen molar-refractivity contribution in [3.8, 4) is 0 Å². The third-order valence-electron chi connectivity index (χ3n) is 2.50. The van der Waals surface area contributed by atoms with Crippen LogP contribution in [0.2, 0.25) is 0 Å². The second kappa shape index (κ2) is 2.59. The first-order valence-corrected chi connectivity index (χ1v) is 4.43. The fourth-order valence-electron chi connectivity index (χ4n) is 1.77. The maximum atomic E-state index is 11.1. The summed E-state index contributed by atoms with van der Waals surface area (Å²) in [5.74, 6) is 1.10. The van der Waals surface area contributed by atoms with Crippen molar-refractivity contribution in [2.75, 3.05) is 0 Å². The average molecular weight is 154 g/mol. The van der Waals surface area contributed by atoms with Crippen molar-refractivity contribution in [3.05, 3.63) is 0 Å². The number of rotatable bonds is 1. The summed E-state index contributed by atoms with van der Waals surface area (Å²) >= 11 is 0. The lowest BCUT2D eigenvalue weighted by atomic mass is 10.0. The third-order valence-corrected chi connectivity index (χ3v) is 2.50. The Morgan fingerprint density at radius 1 is 1.36 bits per heavy atom. The van der Waals surface area contributed by atoms with E-state index in [1.54, 1.807) is 0 Å². The van der Waals surface area contributed by atoms with Crippen molar-refractivity contribution in [1.29, 1.82) is 0 Å². The van der Waals surface area contributed by atoms with Crippen LogP contribution < -0.4 is 0 Å². The Bertz CT molecular complexity index is 172. The molecule has 0 aromatic carbocycles. The molecule has 1 aliphatic carbocycles. The Kier molecular flexibility index (Phi) is 1.72. The van der Waals surface area contributed by atoms with Crippen molar-refractivity contribution >= 4 is 5.78 Å². The molecule has 1 saturated heterocycles. The van der Waals surface area contributed by atoms with Gasteiger partial charge < -0.3 is 4.74 Å². The number of carbonyl (C=O) groups is 1. The Morgan fingerprint density at radius 2 is 2.09 bits per heavy atom. The molecule has 0 aromatic rings. The van der Waals surface area contributed by atoms with Crippen LogP contribution in [0.25, 0.3) is 0 Å². The van der Waals surface area contributed by atoms with Crippen LogP contribution in [0.1, 0.15) is 32.6 Å². The van der Waals surface area contributed by atoms with Crippen LogP contribution in [-0.4, -0.2) is 18.0 Å². The van der Waals surface area contributed by atoms with Crippen LogP contribution in [0, 0.1) is 5.92 Å². The van der Waals surface area contributed by atoms with E-state index in [-0.39, 0.29) is 12.2 Å². The molecule has 0 radical (unpaired) electrons. The second-order valence-corrected chi connectivity index (χ2v) is 3.77. The van der Waals surface area contributed by atoms with Gasteiger partial charge in [-0.1, -0.05) is 0 Å². The molecule has 0 amide bonds. The van der Waals surface area contributed by atoms with E-state index in [1.165, 1.54) is 12.8 Å². The quantitative estimate of drug-likeness (QED) is 0.572. The van der Waals surface area contributed by atoms with Crippen LogP contribution in [-0.2, 0) is 9.53 Å². The molecule has 2 nitrogen and oxygen atoms in total. The van der Waals surface area contributed by atoms with Gasteiger partial charge in [-0.2, -0.15) is 0 Å². The molecule has 2 rings (SSSR count). The number of hydrogen-bond acceptors (Lipinski definition) is 2. The summed E-state index contributed by atoms with van der Waals surface area (Å²) < 4.78 is 5.66. The highest BCUT2D eigenvalue weighted by atomic mass is 16.5. The molecular weight excluding hydrogens is 140 g/mol. The normalized spacial score (nSPS) is 39.2. The van der Waals surface area contributed by atoms with Gasteiger partial charge in [0.05, 0.1) is 12.2 Å². The third kappa shape index (κ3) is 1.62. The first kappa shape index (κ1) is 7.29. The Labute approximate surface area is 66.9 Å². The first-order valence-electron chi connectivity index (χ1n) is 4.43. The molecule has 0 N–H and O–H groups in total. The summed E-state index contributed by atoms with van der Waals surface area (Å²) in [7, 11) is 0. The largest absolute Gasteiger partial charge is 0.374 e. The molecule has 0 unspecified atom stereocenters. The molecule has 1 saturated carbocycles. The zero-order valence-electron chi connectivity index (χ0n) is 6.88. The van der Waals surface area contributed by atoms with E-state index in [0.29, 0.717) is 24.5 Å². The van der Waals surface area contributed by atoms with Crippen molar-refractivity contribution in [3.63, 3.8) is 0 Å². The Balaban J connectivity index is 1.94. The molecule has 2 aliphatic rings. The average Bonchev–Trinajstić information content (AvgIpc) is 2.64. The number of ether oxygens (including phenoxy) is 1. The van der Waals surface area contributed by atoms with Crippen LogP contribution in [0.4, 0.5) is 0 Å². The summed E-state index contributed by atoms with van der Waals surface area (Å²) in [6.45, 7) is 1.99. The van der Waals surface area contributed by atoms with E-state index in [2.05, 4.69) is 0 Å². The van der Waals surface area contributed by atoms with E-state index in [1.807, 2.05) is 6.92 Å². The van der Waals surface area contributed by atoms with Gasteiger partial charge in [0.2, 0.25) is 0 Å². The monoisotopic (exact) mass is 154 g/mol. The molecule has 11 heavy (non-hydrogen) atoms. The highest BCUT2D eigenvalue weighted by Crippen LogP contribution is 2.38. The highest BCUT2D eigenvalue weighted by Gasteiger charge is 2.37. The van der Waals surface area contributed by atoms with Gasteiger partial charge in [0, 0.05) is 12.8 Å². The van der Waals surface area contributed by atoms with Crippen LogP contribution in [0.3, 0.4) is 0 Å². The van der Waals surface area contributed by atoms with Crippen LogP contribution >= 0.6 is 0 Å². The predicted molar refractivity (Wildman–Crippen MR) is 41.3 cm³/mol. The van der Waals surface area contributed by atoms with Gasteiger partial charge in [0.15, 0.2) is 0 Å². The van der Waals surface area contributed by atoms with Gasteiger partial charge in [-0.15, -0.1) is 0 Å². The second-order valence-electron chi connectivity index (χ2n) is 3.77. The van der Waals surface area contributed by atoms with Gasteiger partial charge in [-0.25, -0.2) is 0 Å². The van der Waals surface area contributed by atoms with E-state index >= 15 is 0 Å². The molecule has 0 bridgehead atoms. The van der Waals surface area contributed by atoms with E-state index in [4.69, 9.17) is 4.74 Å². The Morgan fingerprint density at radius 3 is 2.64 bits per heavy atom. The molecule has 0 aromatic heterocycles. The van der Waals surface area contributed by atoms with Crippen LogP contribution in [0.15, 0.2) is 0 Å². The summed E-state index contributed by atoms with van der Waals surface area (Å²) in [6, 6.07) is 0. The van der Waals surface area contributed by atoms with Crippen molar-refractivity contribution in [2.24, 2.45) is 5.92 Å². The Hall–Kier alpha value is -0.370. The summed E-state index contributed by atoms with van der Waals surface area (Å²) in [6.07, 6.45) is 4.28. The molecule has 1 aliphatic heterocycles. The lowest BCUT2D eigenvalue weighted by molar-refractivity contribution is -0.135. The lowest BCUT2D eigenvalue weighted by Gasteiger charge is -2.26. The fourth-order valence-corrected chi connectivity index (χ4v) is 1.77. The lowest BCUT2D eigenvalue weighted by Crippen LogP contribution is -2.32. The fraction of sp³-hybridized carbons (Fsp3) is 0.889. The van der Waals surface area contributed by atoms with Gasteiger partial charge >= 0.3 is 0 Å². The molecule has 62 valence electrons. The molecule has 2 fully saturated rings. The summed E-state index contributed by atoms with van der Waals surface area (Å²) in [5, 5.41) is 0. The van der Waals surface area contributed by atoms with Crippen molar-refractivity contribution in [2.45, 2.75) is 44.8 Å². The van der Waals surface area contributed by atoms with Gasteiger partial charge in [-0.05, 0) is 25.7 Å². The zero-order chi connectivity index (χ0) is 7.84. The number of carbonyl (C=O) groups excluding carboxylic acids is 1. The molecule has 1 heterocycles. The van der Waals surface area contributed by atoms with Gasteiger partial charge in [0.25, 0.3) is 0 Å². The maximum Gasteiger partial charge on any atom is 0.138 e. The number of ketones is 1. The molecule has 2 atom stereocenters. The minimum Gasteiger partial charge on any atom is -0.374 e. The minimum atomic E-state index is 0.168. The number of Topliss-reactive ketones (excluding diaryl/α,β-unsaturated/α-hetero) is 1. The SMILES string of the molecule is C[C@H]1CC(=O)C[C@H](C2CC2)O1. The minimum absolute atomic E-state index is 0.168. The molecule has 0 spiro atoms. The number of hydrogen-bond donors (Lipinski definition) is 0. The highest BCUT2D eigenvalue weighted by molar-refractivity contribution is 5.80. The van der Waals surface area contributed by atoms with E-state index < -0.39 is 0 Å². The van der Waals surface area contributed by atoms with Gasteiger partial charge in [-0.3, -0.25) is 4.79 Å². The topological polar surface area (TPSA) is 26.3 Å². The standard InChI is InChI=1S/C9H14O2/c1-6-4-8(10)5-9(11-6)7-2-3-7/h6-7,9H,2-5H2,1H3/t6-,9+/m0/s1. The zero-order valence-corrected chi connectivity index (χ0v) is 6.88. The van der Waals surface area contributed by atoms with Crippen LogP contribution in [0.5, 0.6) is 0 Å². The molecular formula is C9H14O2. The predicted octanol–water partition coefficient (Wildman–Crippen LogP) is 1.53. The van der Waals surface area contributed by atoms with E-state index in [0.717, 1.165) is 0 Å². The van der Waals surface area contributed by atoms with Crippen molar-refractivity contribution in [1.82, 2.24) is 0 Å². The van der Waals surface area contributed by atoms with Gasteiger partial charge in [0.1, 0.15) is 5.78 Å². The first-order chi connectivity index (χ1) is 5.25. The maximum absolute atomic E-state index is 11.1. The van der Waals surface area contributed by atoms with Crippen molar-refractivity contribution < 1.29 is 9.53 Å². The summed E-state index contributed by atoms with van der Waals surface area (Å²) in [5.41, 5.74) is 0. The van der Waals surface area contributed by atoms with E-state index in [9.17, 15) is 4.79 Å². The summed E-state index contributed by atoms with van der Waals surface area (Å²) in [4.78, 5) is 11.1. The smallest absolute Gasteiger partial charge is 0.138 e.